The lowest BCUT2D eigenvalue weighted by Gasteiger charge is -2.09. The Morgan fingerprint density at radius 1 is 1.40 bits per heavy atom. The summed E-state index contributed by atoms with van der Waals surface area (Å²) in [5.41, 5.74) is 1.69. The Bertz CT molecular complexity index is 571. The number of nitrogens with zero attached hydrogens (tertiary/aromatic N) is 2. The van der Waals surface area contributed by atoms with Gasteiger partial charge >= 0.3 is 0 Å². The first-order valence-electron chi connectivity index (χ1n) is 6.65. The number of aromatic nitrogens is 2. The van der Waals surface area contributed by atoms with Gasteiger partial charge in [0.2, 0.25) is 0 Å². The first-order chi connectivity index (χ1) is 9.63. The summed E-state index contributed by atoms with van der Waals surface area (Å²) < 4.78 is 21.1. The van der Waals surface area contributed by atoms with Crippen LogP contribution >= 0.6 is 15.9 Å². The quantitative estimate of drug-likeness (QED) is 0.725. The predicted octanol–water partition coefficient (Wildman–Crippen LogP) is 4.47. The van der Waals surface area contributed by atoms with E-state index in [1.165, 1.54) is 6.07 Å². The van der Waals surface area contributed by atoms with Gasteiger partial charge in [-0.2, -0.15) is 5.10 Å². The SMILES string of the molecule is CCC(C)n1ccc(COc2ccc(CBr)cc2F)n1. The summed E-state index contributed by atoms with van der Waals surface area (Å²) in [7, 11) is 0. The minimum absolute atomic E-state index is 0.257. The van der Waals surface area contributed by atoms with Crippen LogP contribution in [0.5, 0.6) is 5.75 Å². The number of halogens is 2. The first kappa shape index (κ1) is 15.0. The summed E-state index contributed by atoms with van der Waals surface area (Å²) in [5.74, 6) is -0.0869. The summed E-state index contributed by atoms with van der Waals surface area (Å²) in [5, 5.41) is 5.05. The molecule has 2 aromatic rings. The number of hydrogen-bond acceptors (Lipinski definition) is 2. The van der Waals surface area contributed by atoms with Gasteiger partial charge in [-0.1, -0.05) is 28.9 Å². The van der Waals surface area contributed by atoms with Crippen LogP contribution in [0.15, 0.2) is 30.5 Å². The van der Waals surface area contributed by atoms with E-state index < -0.39 is 0 Å². The Morgan fingerprint density at radius 3 is 2.85 bits per heavy atom. The van der Waals surface area contributed by atoms with E-state index in [1.54, 1.807) is 6.07 Å². The summed E-state index contributed by atoms with van der Waals surface area (Å²) >= 11 is 3.29. The monoisotopic (exact) mass is 340 g/mol. The van der Waals surface area contributed by atoms with Crippen LogP contribution in [0.2, 0.25) is 0 Å². The molecule has 1 heterocycles. The van der Waals surface area contributed by atoms with Crippen molar-refractivity contribution in [2.45, 2.75) is 38.2 Å². The zero-order valence-electron chi connectivity index (χ0n) is 11.6. The van der Waals surface area contributed by atoms with Gasteiger partial charge in [0.25, 0.3) is 0 Å². The highest BCUT2D eigenvalue weighted by Gasteiger charge is 2.08. The molecule has 0 amide bonds. The van der Waals surface area contributed by atoms with E-state index >= 15 is 0 Å². The average molecular weight is 341 g/mol. The van der Waals surface area contributed by atoms with Crippen molar-refractivity contribution in [2.75, 3.05) is 0 Å². The van der Waals surface area contributed by atoms with Crippen LogP contribution in [-0.2, 0) is 11.9 Å². The molecule has 0 aliphatic rings. The Morgan fingerprint density at radius 2 is 2.20 bits per heavy atom. The lowest BCUT2D eigenvalue weighted by molar-refractivity contribution is 0.283. The normalized spacial score (nSPS) is 12.4. The molecular formula is C15H18BrFN2O. The number of ether oxygens (including phenoxy) is 1. The predicted molar refractivity (Wildman–Crippen MR) is 80.6 cm³/mol. The Labute approximate surface area is 126 Å². The minimum atomic E-state index is -0.344. The van der Waals surface area contributed by atoms with Gasteiger partial charge in [-0.25, -0.2) is 4.39 Å². The molecule has 0 aliphatic heterocycles. The highest BCUT2D eigenvalue weighted by molar-refractivity contribution is 9.08. The van der Waals surface area contributed by atoms with Gasteiger partial charge in [0.1, 0.15) is 6.61 Å². The van der Waals surface area contributed by atoms with Crippen LogP contribution < -0.4 is 4.74 Å². The molecule has 0 fully saturated rings. The number of rotatable bonds is 6. The zero-order valence-corrected chi connectivity index (χ0v) is 13.2. The summed E-state index contributed by atoms with van der Waals surface area (Å²) in [6.45, 7) is 4.49. The van der Waals surface area contributed by atoms with Gasteiger partial charge in [-0.3, -0.25) is 4.68 Å². The van der Waals surface area contributed by atoms with E-state index in [9.17, 15) is 4.39 Å². The topological polar surface area (TPSA) is 27.1 Å². The number of benzene rings is 1. The number of hydrogen-bond donors (Lipinski definition) is 0. The summed E-state index contributed by atoms with van der Waals surface area (Å²) in [6.07, 6.45) is 2.95. The van der Waals surface area contributed by atoms with Crippen LogP contribution in [0.3, 0.4) is 0 Å². The maximum atomic E-state index is 13.8. The Hall–Kier alpha value is -1.36. The van der Waals surface area contributed by atoms with E-state index in [0.29, 0.717) is 11.4 Å². The maximum Gasteiger partial charge on any atom is 0.165 e. The lowest BCUT2D eigenvalue weighted by atomic mass is 10.2. The molecule has 108 valence electrons. The second kappa shape index (κ2) is 6.88. The van der Waals surface area contributed by atoms with Gasteiger partial charge in [0, 0.05) is 17.6 Å². The Balaban J connectivity index is 2.00. The largest absolute Gasteiger partial charge is 0.484 e. The maximum absolute atomic E-state index is 13.8. The molecule has 5 heteroatoms. The van der Waals surface area contributed by atoms with Gasteiger partial charge in [0.15, 0.2) is 11.6 Å². The van der Waals surface area contributed by atoms with E-state index in [1.807, 2.05) is 23.0 Å². The molecule has 0 bridgehead atoms. The highest BCUT2D eigenvalue weighted by atomic mass is 79.9. The van der Waals surface area contributed by atoms with Crippen LogP contribution in [0.25, 0.3) is 0 Å². The molecule has 0 saturated carbocycles. The van der Waals surface area contributed by atoms with Crippen LogP contribution in [0.4, 0.5) is 4.39 Å². The molecule has 0 aliphatic carbocycles. The van der Waals surface area contributed by atoms with Crippen LogP contribution in [-0.4, -0.2) is 9.78 Å². The van der Waals surface area contributed by atoms with Crippen molar-refractivity contribution in [3.8, 4) is 5.75 Å². The van der Waals surface area contributed by atoms with Gasteiger partial charge in [0.05, 0.1) is 5.69 Å². The van der Waals surface area contributed by atoms with Crippen molar-refractivity contribution in [1.29, 1.82) is 0 Å². The van der Waals surface area contributed by atoms with Gasteiger partial charge in [-0.15, -0.1) is 0 Å². The fraction of sp³-hybridized carbons (Fsp3) is 0.400. The van der Waals surface area contributed by atoms with Crippen LogP contribution in [0, 0.1) is 5.82 Å². The van der Waals surface area contributed by atoms with Crippen molar-refractivity contribution in [1.82, 2.24) is 9.78 Å². The third-order valence-corrected chi connectivity index (χ3v) is 3.88. The van der Waals surface area contributed by atoms with Gasteiger partial charge < -0.3 is 4.74 Å². The smallest absolute Gasteiger partial charge is 0.165 e. The number of alkyl halides is 1. The van der Waals surface area contributed by atoms with E-state index in [-0.39, 0.29) is 18.2 Å². The second-order valence-electron chi connectivity index (χ2n) is 4.73. The van der Waals surface area contributed by atoms with Crippen molar-refractivity contribution in [2.24, 2.45) is 0 Å². The van der Waals surface area contributed by atoms with E-state index in [4.69, 9.17) is 4.74 Å². The molecule has 0 saturated heterocycles. The minimum Gasteiger partial charge on any atom is -0.484 e. The molecule has 0 spiro atoms. The van der Waals surface area contributed by atoms with Crippen molar-refractivity contribution in [3.05, 3.63) is 47.5 Å². The molecular weight excluding hydrogens is 323 g/mol. The molecule has 0 radical (unpaired) electrons. The molecule has 1 unspecified atom stereocenters. The molecule has 0 N–H and O–H groups in total. The third-order valence-electron chi connectivity index (χ3n) is 3.23. The van der Waals surface area contributed by atoms with Gasteiger partial charge in [-0.05, 0) is 37.1 Å². The first-order valence-corrected chi connectivity index (χ1v) is 7.77. The molecule has 1 aromatic carbocycles. The zero-order chi connectivity index (χ0) is 14.5. The second-order valence-corrected chi connectivity index (χ2v) is 5.29. The average Bonchev–Trinajstić information content (AvgIpc) is 2.94. The summed E-state index contributed by atoms with van der Waals surface area (Å²) in [4.78, 5) is 0. The van der Waals surface area contributed by atoms with E-state index in [0.717, 1.165) is 17.7 Å². The highest BCUT2D eigenvalue weighted by Crippen LogP contribution is 2.20. The standard InChI is InChI=1S/C15H18BrFN2O/c1-3-11(2)19-7-6-13(18-19)10-20-15-5-4-12(9-16)8-14(15)17/h4-8,11H,3,9-10H2,1-2H3. The lowest BCUT2D eigenvalue weighted by Crippen LogP contribution is -2.06. The molecule has 20 heavy (non-hydrogen) atoms. The molecule has 1 atom stereocenters. The van der Waals surface area contributed by atoms with E-state index in [2.05, 4.69) is 34.9 Å². The fourth-order valence-corrected chi connectivity index (χ4v) is 2.13. The van der Waals surface area contributed by atoms with Crippen molar-refractivity contribution < 1.29 is 9.13 Å². The van der Waals surface area contributed by atoms with Crippen molar-refractivity contribution >= 4 is 15.9 Å². The molecule has 2 rings (SSSR count). The molecule has 3 nitrogen and oxygen atoms in total. The summed E-state index contributed by atoms with van der Waals surface area (Å²) in [6, 6.07) is 7.22. The van der Waals surface area contributed by atoms with Crippen LogP contribution in [0.1, 0.15) is 37.6 Å². The fourth-order valence-electron chi connectivity index (χ4n) is 1.78. The van der Waals surface area contributed by atoms with Crippen molar-refractivity contribution in [3.63, 3.8) is 0 Å². The Kier molecular flexibility index (Phi) is 5.17. The third kappa shape index (κ3) is 3.60. The molecule has 1 aromatic heterocycles.